The van der Waals surface area contributed by atoms with Crippen LogP contribution >= 0.6 is 0 Å². The molecule has 0 spiro atoms. The van der Waals surface area contributed by atoms with Crippen LogP contribution in [0, 0.1) is 0 Å². The predicted molar refractivity (Wildman–Crippen MR) is 167 cm³/mol. The number of rotatable bonds is 6. The molecule has 0 bridgehead atoms. The van der Waals surface area contributed by atoms with Gasteiger partial charge in [0.2, 0.25) is 0 Å². The average molecular weight is 617 g/mol. The molecule has 0 radical (unpaired) electrons. The number of hydrogen-bond acceptors (Lipinski definition) is 9. The summed E-state index contributed by atoms with van der Waals surface area (Å²) in [6.45, 7) is 25.2. The van der Waals surface area contributed by atoms with E-state index in [1.807, 2.05) is 61.5 Å². The summed E-state index contributed by atoms with van der Waals surface area (Å²) < 4.78 is 36.2. The first-order chi connectivity index (χ1) is 19.7. The topological polar surface area (TPSA) is 130 Å². The highest BCUT2D eigenvalue weighted by Crippen LogP contribution is 2.38. The zero-order valence-electron chi connectivity index (χ0n) is 28.7. The highest BCUT2D eigenvalue weighted by atomic mass is 16.7. The normalized spacial score (nSPS) is 21.1. The van der Waals surface area contributed by atoms with Gasteiger partial charge in [-0.15, -0.1) is 0 Å². The molecule has 44 heavy (non-hydrogen) atoms. The molecule has 13 heteroatoms. The van der Waals surface area contributed by atoms with Crippen molar-refractivity contribution in [1.29, 1.82) is 0 Å². The number of amides is 2. The second kappa shape index (κ2) is 11.6. The smallest absolute Gasteiger partial charge is 0.480 e. The Labute approximate surface area is 262 Å². The molecule has 3 rings (SSSR count). The molecule has 2 saturated heterocycles. The van der Waals surface area contributed by atoms with E-state index in [0.717, 1.165) is 0 Å². The van der Waals surface area contributed by atoms with Crippen molar-refractivity contribution < 1.29 is 47.6 Å². The lowest BCUT2D eigenvalue weighted by molar-refractivity contribution is -0.143. The van der Waals surface area contributed by atoms with E-state index in [1.54, 1.807) is 53.7 Å². The Bertz CT molecular complexity index is 1220. The molecular formula is C31H49B2NO10. The third-order valence-electron chi connectivity index (χ3n) is 8.39. The van der Waals surface area contributed by atoms with Gasteiger partial charge in [-0.3, -0.25) is 0 Å². The minimum Gasteiger partial charge on any atom is -0.480 e. The van der Waals surface area contributed by atoms with Crippen LogP contribution in [0.15, 0.2) is 18.2 Å². The van der Waals surface area contributed by atoms with Crippen LogP contribution in [-0.4, -0.2) is 82.0 Å². The Kier molecular flexibility index (Phi) is 9.49. The van der Waals surface area contributed by atoms with Gasteiger partial charge in [0.15, 0.2) is 0 Å². The van der Waals surface area contributed by atoms with Crippen LogP contribution in [0.1, 0.15) is 102 Å². The molecule has 244 valence electrons. The zero-order chi connectivity index (χ0) is 33.8. The van der Waals surface area contributed by atoms with E-state index in [-0.39, 0.29) is 6.42 Å². The first-order valence-electron chi connectivity index (χ1n) is 15.0. The van der Waals surface area contributed by atoms with Crippen molar-refractivity contribution in [2.75, 3.05) is 0 Å². The van der Waals surface area contributed by atoms with Gasteiger partial charge in [-0.1, -0.05) is 18.2 Å². The highest BCUT2D eigenvalue weighted by Gasteiger charge is 2.54. The van der Waals surface area contributed by atoms with E-state index in [1.165, 1.54) is 0 Å². The molecule has 2 aliphatic heterocycles. The molecule has 0 aromatic heterocycles. The first-order valence-corrected chi connectivity index (χ1v) is 15.0. The number of carbonyl (C=O) groups excluding carboxylic acids is 2. The molecule has 1 atom stereocenters. The van der Waals surface area contributed by atoms with Gasteiger partial charge in [-0.2, -0.15) is 4.90 Å². The van der Waals surface area contributed by atoms with Gasteiger partial charge < -0.3 is 33.2 Å². The molecule has 2 fully saturated rings. The van der Waals surface area contributed by atoms with E-state index in [0.29, 0.717) is 21.4 Å². The third-order valence-corrected chi connectivity index (χ3v) is 8.39. The molecule has 1 aromatic carbocycles. The summed E-state index contributed by atoms with van der Waals surface area (Å²) in [4.78, 5) is 40.0. The van der Waals surface area contributed by atoms with Gasteiger partial charge in [0.1, 0.15) is 17.2 Å². The lowest BCUT2D eigenvalue weighted by atomic mass is 9.69. The molecule has 1 aromatic rings. The summed E-state index contributed by atoms with van der Waals surface area (Å²) in [5, 5.41) is 10.4. The number of nitrogens with zero attached hydrogens (tertiary/aromatic N) is 1. The van der Waals surface area contributed by atoms with Crippen LogP contribution in [0.3, 0.4) is 0 Å². The Morgan fingerprint density at radius 1 is 0.750 bits per heavy atom. The van der Waals surface area contributed by atoms with E-state index < -0.39 is 72.0 Å². The SMILES string of the molecule is CC(C)(C)OC(=O)N(C(=O)OC(C)(C)C)[C@@H](Cc1ccc(B2OC(C)(C)C(C)(C)O2)cc1B1OC(C)(C)C(C)(C)O1)C(=O)O. The number of carboxylic acid groups (broad SMARTS) is 1. The van der Waals surface area contributed by atoms with Crippen molar-refractivity contribution in [3.63, 3.8) is 0 Å². The van der Waals surface area contributed by atoms with E-state index in [9.17, 15) is 19.5 Å². The summed E-state index contributed by atoms with van der Waals surface area (Å²) in [6, 6.07) is 3.63. The third kappa shape index (κ3) is 7.78. The molecule has 2 amide bonds. The van der Waals surface area contributed by atoms with Crippen LogP contribution < -0.4 is 10.9 Å². The minimum atomic E-state index is -1.68. The summed E-state index contributed by atoms with van der Waals surface area (Å²) in [5.74, 6) is -1.42. The second-order valence-electron chi connectivity index (χ2n) is 15.5. The van der Waals surface area contributed by atoms with Crippen molar-refractivity contribution in [1.82, 2.24) is 4.90 Å². The van der Waals surface area contributed by atoms with E-state index in [2.05, 4.69) is 0 Å². The lowest BCUT2D eigenvalue weighted by Gasteiger charge is -2.32. The highest BCUT2D eigenvalue weighted by molar-refractivity contribution is 6.66. The Balaban J connectivity index is 2.12. The van der Waals surface area contributed by atoms with Crippen molar-refractivity contribution in [2.45, 2.75) is 143 Å². The fraction of sp³-hybridized carbons (Fsp3) is 0.710. The zero-order valence-corrected chi connectivity index (χ0v) is 28.7. The van der Waals surface area contributed by atoms with Crippen LogP contribution in [-0.2, 0) is 39.3 Å². The van der Waals surface area contributed by atoms with Crippen LogP contribution in [0.5, 0.6) is 0 Å². The van der Waals surface area contributed by atoms with Gasteiger partial charge in [0.25, 0.3) is 0 Å². The molecule has 1 N–H and O–H groups in total. The van der Waals surface area contributed by atoms with Crippen molar-refractivity contribution >= 4 is 43.3 Å². The summed E-state index contributed by atoms with van der Waals surface area (Å²) >= 11 is 0. The molecule has 0 aliphatic carbocycles. The lowest BCUT2D eigenvalue weighted by Crippen LogP contribution is -2.53. The number of hydrogen-bond donors (Lipinski definition) is 1. The van der Waals surface area contributed by atoms with Crippen molar-refractivity contribution in [3.05, 3.63) is 23.8 Å². The number of benzene rings is 1. The molecule has 2 aliphatic rings. The minimum absolute atomic E-state index is 0.281. The fourth-order valence-electron chi connectivity index (χ4n) is 4.56. The fourth-order valence-corrected chi connectivity index (χ4v) is 4.56. The van der Waals surface area contributed by atoms with Crippen LogP contribution in [0.2, 0.25) is 0 Å². The molecule has 0 unspecified atom stereocenters. The van der Waals surface area contributed by atoms with Crippen molar-refractivity contribution in [3.8, 4) is 0 Å². The molecule has 11 nitrogen and oxygen atoms in total. The second-order valence-corrected chi connectivity index (χ2v) is 15.5. The Hall–Kier alpha value is -2.60. The molecule has 2 heterocycles. The number of aliphatic carboxylic acids is 1. The standard InChI is InChI=1S/C31H49B2NO10/c1-26(2,3)39-24(37)34(25(38)40-27(4,5)6)22(23(35)36)17-19-15-16-20(32-41-28(7,8)29(9,10)42-32)18-21(19)33-43-30(11,12)31(13,14)44-33/h15-16,18,22H,17H2,1-14H3,(H,35,36)/t22-/m0/s1. The van der Waals surface area contributed by atoms with Gasteiger partial charge >= 0.3 is 32.4 Å². The summed E-state index contributed by atoms with van der Waals surface area (Å²) in [5.41, 5.74) is -2.88. The van der Waals surface area contributed by atoms with Crippen molar-refractivity contribution in [2.24, 2.45) is 0 Å². The summed E-state index contributed by atoms with van der Waals surface area (Å²) in [6.07, 6.45) is -2.55. The molecule has 0 saturated carbocycles. The van der Waals surface area contributed by atoms with Gasteiger partial charge in [0.05, 0.1) is 22.4 Å². The van der Waals surface area contributed by atoms with Crippen LogP contribution in [0.25, 0.3) is 0 Å². The number of carboxylic acids is 1. The summed E-state index contributed by atoms with van der Waals surface area (Å²) in [7, 11) is -1.59. The number of imide groups is 1. The van der Waals surface area contributed by atoms with Gasteiger partial charge in [-0.05, 0) is 113 Å². The quantitative estimate of drug-likeness (QED) is 0.457. The first kappa shape index (κ1) is 35.9. The predicted octanol–water partition coefficient (Wildman–Crippen LogP) is 4.45. The van der Waals surface area contributed by atoms with Gasteiger partial charge in [0, 0.05) is 6.42 Å². The Morgan fingerprint density at radius 3 is 1.50 bits per heavy atom. The molecular weight excluding hydrogens is 568 g/mol. The Morgan fingerprint density at radius 2 is 1.14 bits per heavy atom. The monoisotopic (exact) mass is 617 g/mol. The van der Waals surface area contributed by atoms with E-state index >= 15 is 0 Å². The largest absolute Gasteiger partial charge is 0.495 e. The maximum Gasteiger partial charge on any atom is 0.495 e. The number of carbonyl (C=O) groups is 3. The number of ether oxygens (including phenoxy) is 2. The van der Waals surface area contributed by atoms with Gasteiger partial charge in [-0.25, -0.2) is 14.4 Å². The maximum absolute atomic E-state index is 13.3. The average Bonchev–Trinajstić information content (AvgIpc) is 3.15. The van der Waals surface area contributed by atoms with E-state index in [4.69, 9.17) is 28.1 Å². The maximum atomic E-state index is 13.3. The van der Waals surface area contributed by atoms with Crippen LogP contribution in [0.4, 0.5) is 9.59 Å².